The fourth-order valence-electron chi connectivity index (χ4n) is 0.805. The Morgan fingerprint density at radius 3 is 2.64 bits per heavy atom. The van der Waals surface area contributed by atoms with E-state index in [9.17, 15) is 0 Å². The molecular formula is C9H8BrN3S. The first kappa shape index (κ1) is 11.1. The van der Waals surface area contributed by atoms with Crippen LogP contribution >= 0.6 is 27.7 Å². The predicted molar refractivity (Wildman–Crippen MR) is 63.5 cm³/mol. The summed E-state index contributed by atoms with van der Waals surface area (Å²) in [5.74, 6) is 0. The monoisotopic (exact) mass is 269 g/mol. The number of rotatable bonds is 1. The lowest BCUT2D eigenvalue weighted by atomic mass is 10.3. The number of thioether (sulfide) groups is 1. The Hall–Kier alpha value is -0.990. The number of nitrogens with zero attached hydrogens (tertiary/aromatic N) is 2. The fourth-order valence-corrected chi connectivity index (χ4v) is 1.41. The minimum absolute atomic E-state index is 0.592. The second kappa shape index (κ2) is 5.68. The molecule has 0 aliphatic heterocycles. The number of hydrogen-bond donors (Lipinski definition) is 1. The molecular weight excluding hydrogens is 262 g/mol. The molecule has 0 radical (unpaired) electrons. The zero-order valence-corrected chi connectivity index (χ0v) is 9.89. The van der Waals surface area contributed by atoms with Gasteiger partial charge < -0.3 is 0 Å². The van der Waals surface area contributed by atoms with E-state index in [1.807, 2.05) is 36.7 Å². The standard InChI is InChI=1S/C9H8BrN3S/c1-14-9(12-6-11)13-8-4-2-7(10)3-5-8/h2-5H,1H3,(H,12,13). The molecule has 0 atom stereocenters. The molecule has 0 amide bonds. The summed E-state index contributed by atoms with van der Waals surface area (Å²) in [6.45, 7) is 0. The average molecular weight is 270 g/mol. The number of benzene rings is 1. The maximum absolute atomic E-state index is 8.43. The summed E-state index contributed by atoms with van der Waals surface area (Å²) in [7, 11) is 0. The number of hydrogen-bond acceptors (Lipinski definition) is 3. The lowest BCUT2D eigenvalue weighted by Gasteiger charge is -1.99. The van der Waals surface area contributed by atoms with E-state index in [-0.39, 0.29) is 0 Å². The zero-order chi connectivity index (χ0) is 10.4. The van der Waals surface area contributed by atoms with Gasteiger partial charge in [-0.05, 0) is 30.5 Å². The summed E-state index contributed by atoms with van der Waals surface area (Å²) in [5.41, 5.74) is 0.820. The minimum atomic E-state index is 0.592. The van der Waals surface area contributed by atoms with Gasteiger partial charge in [-0.15, -0.1) is 0 Å². The van der Waals surface area contributed by atoms with Gasteiger partial charge in [0.25, 0.3) is 0 Å². The number of nitriles is 1. The second-order valence-corrected chi connectivity index (χ2v) is 4.04. The van der Waals surface area contributed by atoms with Crippen molar-refractivity contribution >= 4 is 38.5 Å². The average Bonchev–Trinajstić information content (AvgIpc) is 2.20. The van der Waals surface area contributed by atoms with Gasteiger partial charge in [0, 0.05) is 4.47 Å². The van der Waals surface area contributed by atoms with Crippen LogP contribution in [0, 0.1) is 11.5 Å². The third kappa shape index (κ3) is 3.40. The van der Waals surface area contributed by atoms with E-state index in [0.29, 0.717) is 5.17 Å². The Labute approximate surface area is 95.4 Å². The molecule has 0 spiro atoms. The van der Waals surface area contributed by atoms with Crippen LogP contribution in [-0.2, 0) is 0 Å². The molecule has 0 saturated carbocycles. The molecule has 1 N–H and O–H groups in total. The molecule has 0 unspecified atom stereocenters. The van der Waals surface area contributed by atoms with Crippen LogP contribution in [0.5, 0.6) is 0 Å². The highest BCUT2D eigenvalue weighted by Gasteiger charge is 1.95. The van der Waals surface area contributed by atoms with E-state index in [4.69, 9.17) is 5.26 Å². The summed E-state index contributed by atoms with van der Waals surface area (Å²) < 4.78 is 1.01. The summed E-state index contributed by atoms with van der Waals surface area (Å²) in [6, 6.07) is 7.56. The van der Waals surface area contributed by atoms with Crippen molar-refractivity contribution in [2.24, 2.45) is 4.99 Å². The summed E-state index contributed by atoms with van der Waals surface area (Å²) in [5, 5.41) is 11.5. The van der Waals surface area contributed by atoms with Gasteiger partial charge in [-0.25, -0.2) is 4.99 Å². The molecule has 0 saturated heterocycles. The molecule has 1 aromatic rings. The molecule has 0 aromatic heterocycles. The molecule has 72 valence electrons. The molecule has 5 heteroatoms. The van der Waals surface area contributed by atoms with E-state index in [2.05, 4.69) is 26.2 Å². The van der Waals surface area contributed by atoms with Gasteiger partial charge in [0.1, 0.15) is 0 Å². The maximum atomic E-state index is 8.43. The first-order chi connectivity index (χ1) is 6.76. The van der Waals surface area contributed by atoms with Crippen LogP contribution in [0.1, 0.15) is 0 Å². The molecule has 3 nitrogen and oxygen atoms in total. The fraction of sp³-hybridized carbons (Fsp3) is 0.111. The molecule has 0 bridgehead atoms. The van der Waals surface area contributed by atoms with Crippen LogP contribution in [0.4, 0.5) is 5.69 Å². The zero-order valence-electron chi connectivity index (χ0n) is 7.49. The SMILES string of the molecule is CSC(=Nc1ccc(Br)cc1)NC#N. The number of aliphatic imine (C=N–C) groups is 1. The van der Waals surface area contributed by atoms with Crippen LogP contribution in [0.15, 0.2) is 33.7 Å². The van der Waals surface area contributed by atoms with Gasteiger partial charge >= 0.3 is 0 Å². The Morgan fingerprint density at radius 1 is 1.50 bits per heavy atom. The maximum Gasteiger partial charge on any atom is 0.183 e. The Balaban J connectivity index is 2.84. The summed E-state index contributed by atoms with van der Waals surface area (Å²) in [6.07, 6.45) is 3.70. The van der Waals surface area contributed by atoms with Crippen molar-refractivity contribution in [2.75, 3.05) is 6.26 Å². The van der Waals surface area contributed by atoms with Crippen LogP contribution in [0.3, 0.4) is 0 Å². The van der Waals surface area contributed by atoms with Crippen molar-refractivity contribution in [2.45, 2.75) is 0 Å². The van der Waals surface area contributed by atoms with Crippen molar-refractivity contribution in [1.29, 1.82) is 5.26 Å². The summed E-state index contributed by atoms with van der Waals surface area (Å²) in [4.78, 5) is 4.23. The van der Waals surface area contributed by atoms with Crippen molar-refractivity contribution in [1.82, 2.24) is 5.32 Å². The topological polar surface area (TPSA) is 48.2 Å². The van der Waals surface area contributed by atoms with E-state index in [0.717, 1.165) is 10.2 Å². The summed E-state index contributed by atoms with van der Waals surface area (Å²) >= 11 is 4.74. The van der Waals surface area contributed by atoms with Gasteiger partial charge in [-0.1, -0.05) is 27.7 Å². The quantitative estimate of drug-likeness (QED) is 0.369. The highest BCUT2D eigenvalue weighted by molar-refractivity contribution is 9.10. The Bertz CT molecular complexity index is 367. The highest BCUT2D eigenvalue weighted by Crippen LogP contribution is 2.17. The lowest BCUT2D eigenvalue weighted by Crippen LogP contribution is -2.12. The van der Waals surface area contributed by atoms with Gasteiger partial charge in [0.05, 0.1) is 5.69 Å². The lowest BCUT2D eigenvalue weighted by molar-refractivity contribution is 1.28. The van der Waals surface area contributed by atoms with Crippen molar-refractivity contribution in [3.8, 4) is 6.19 Å². The first-order valence-electron chi connectivity index (χ1n) is 3.79. The molecule has 0 aliphatic rings. The van der Waals surface area contributed by atoms with Crippen molar-refractivity contribution in [3.63, 3.8) is 0 Å². The van der Waals surface area contributed by atoms with Gasteiger partial charge in [0.2, 0.25) is 0 Å². The molecule has 14 heavy (non-hydrogen) atoms. The number of amidine groups is 1. The van der Waals surface area contributed by atoms with E-state index in [1.54, 1.807) is 0 Å². The minimum Gasteiger partial charge on any atom is -0.271 e. The van der Waals surface area contributed by atoms with Crippen LogP contribution in [0.25, 0.3) is 0 Å². The second-order valence-electron chi connectivity index (χ2n) is 2.33. The Kier molecular flexibility index (Phi) is 4.50. The molecule has 0 aliphatic carbocycles. The smallest absolute Gasteiger partial charge is 0.183 e. The van der Waals surface area contributed by atoms with Crippen LogP contribution < -0.4 is 5.32 Å². The normalized spacial score (nSPS) is 10.8. The van der Waals surface area contributed by atoms with Gasteiger partial charge in [-0.2, -0.15) is 5.26 Å². The van der Waals surface area contributed by atoms with Crippen LogP contribution in [-0.4, -0.2) is 11.4 Å². The highest BCUT2D eigenvalue weighted by atomic mass is 79.9. The van der Waals surface area contributed by atoms with E-state index in [1.165, 1.54) is 11.8 Å². The molecule has 0 fully saturated rings. The van der Waals surface area contributed by atoms with E-state index >= 15 is 0 Å². The molecule has 0 heterocycles. The first-order valence-corrected chi connectivity index (χ1v) is 5.81. The van der Waals surface area contributed by atoms with Gasteiger partial charge in [-0.3, -0.25) is 5.32 Å². The van der Waals surface area contributed by atoms with Crippen molar-refractivity contribution in [3.05, 3.63) is 28.7 Å². The Morgan fingerprint density at radius 2 is 2.14 bits per heavy atom. The van der Waals surface area contributed by atoms with E-state index < -0.39 is 0 Å². The largest absolute Gasteiger partial charge is 0.271 e. The third-order valence-corrected chi connectivity index (χ3v) is 2.52. The van der Waals surface area contributed by atoms with Crippen molar-refractivity contribution < 1.29 is 0 Å². The number of halogens is 1. The molecule has 1 rings (SSSR count). The van der Waals surface area contributed by atoms with Crippen LogP contribution in [0.2, 0.25) is 0 Å². The molecule has 1 aromatic carbocycles. The van der Waals surface area contributed by atoms with Gasteiger partial charge in [0.15, 0.2) is 11.4 Å². The third-order valence-electron chi connectivity index (χ3n) is 1.41. The number of nitrogens with one attached hydrogen (secondary N) is 1. The predicted octanol–water partition coefficient (Wildman–Crippen LogP) is 2.87.